The molecule has 0 saturated heterocycles. The molecule has 4 nitrogen and oxygen atoms in total. The quantitative estimate of drug-likeness (QED) is 0.630. The topological polar surface area (TPSA) is 60.4 Å². The second kappa shape index (κ2) is 5.53. The summed E-state index contributed by atoms with van der Waals surface area (Å²) in [7, 11) is 1.49. The first-order valence-corrected chi connectivity index (χ1v) is 6.35. The van der Waals surface area contributed by atoms with Crippen LogP contribution in [0.3, 0.4) is 0 Å². The van der Waals surface area contributed by atoms with Crippen molar-refractivity contribution in [2.24, 2.45) is 5.92 Å². The largest absolute Gasteiger partial charge is 0.497 e. The van der Waals surface area contributed by atoms with Gasteiger partial charge >= 0.3 is 0 Å². The molecule has 1 aliphatic rings. The summed E-state index contributed by atoms with van der Waals surface area (Å²) in [5.41, 5.74) is 0.191. The molecule has 1 aromatic carbocycles. The second-order valence-corrected chi connectivity index (χ2v) is 4.84. The van der Waals surface area contributed by atoms with Crippen LogP contribution in [0.1, 0.15) is 29.6 Å². The maximum absolute atomic E-state index is 12.3. The zero-order valence-electron chi connectivity index (χ0n) is 10.4. The van der Waals surface area contributed by atoms with E-state index in [4.69, 9.17) is 16.3 Å². The van der Waals surface area contributed by atoms with Crippen molar-refractivity contribution < 1.29 is 19.1 Å². The van der Waals surface area contributed by atoms with Crippen molar-refractivity contribution in [3.8, 4) is 5.75 Å². The van der Waals surface area contributed by atoms with Crippen molar-refractivity contribution in [1.29, 1.82) is 0 Å². The van der Waals surface area contributed by atoms with Crippen molar-refractivity contribution in [1.82, 2.24) is 0 Å². The molecule has 5 heteroatoms. The number of Topliss-reactive ketones (excluding diaryl/α,β-unsaturated/α-hetero) is 3. The Morgan fingerprint density at radius 1 is 1.26 bits per heavy atom. The molecule has 1 aliphatic carbocycles. The van der Waals surface area contributed by atoms with Gasteiger partial charge in [0.25, 0.3) is 0 Å². The van der Waals surface area contributed by atoms with Gasteiger partial charge in [0.15, 0.2) is 17.3 Å². The van der Waals surface area contributed by atoms with E-state index in [1.807, 2.05) is 0 Å². The second-order valence-electron chi connectivity index (χ2n) is 4.43. The van der Waals surface area contributed by atoms with E-state index in [-0.39, 0.29) is 35.0 Å². The number of ketones is 3. The summed E-state index contributed by atoms with van der Waals surface area (Å²) in [6.07, 6.45) is 1.07. The molecule has 1 saturated carbocycles. The van der Waals surface area contributed by atoms with Crippen molar-refractivity contribution in [2.45, 2.75) is 19.3 Å². The van der Waals surface area contributed by atoms with E-state index in [0.29, 0.717) is 12.2 Å². The predicted molar refractivity (Wildman–Crippen MR) is 69.7 cm³/mol. The third kappa shape index (κ3) is 2.68. The molecule has 0 bridgehead atoms. The van der Waals surface area contributed by atoms with E-state index in [9.17, 15) is 14.4 Å². The van der Waals surface area contributed by atoms with Gasteiger partial charge in [-0.05, 0) is 24.6 Å². The molecule has 19 heavy (non-hydrogen) atoms. The standard InChI is InChI=1S/C14H13ClO4/c1-19-8-5-6-9(10(15)7-8)14(18)13-11(16)3-2-4-12(13)17/h5-7,13H,2-4H2,1H3. The minimum Gasteiger partial charge on any atom is -0.497 e. The first-order chi connectivity index (χ1) is 9.04. The molecule has 2 rings (SSSR count). The summed E-state index contributed by atoms with van der Waals surface area (Å²) < 4.78 is 4.99. The molecule has 0 N–H and O–H groups in total. The molecule has 0 amide bonds. The molecule has 100 valence electrons. The lowest BCUT2D eigenvalue weighted by molar-refractivity contribution is -0.133. The third-order valence-electron chi connectivity index (χ3n) is 3.19. The van der Waals surface area contributed by atoms with Gasteiger partial charge in [-0.15, -0.1) is 0 Å². The summed E-state index contributed by atoms with van der Waals surface area (Å²) in [4.78, 5) is 35.8. The number of methoxy groups -OCH3 is 1. The molecule has 0 aromatic heterocycles. The Kier molecular flexibility index (Phi) is 4.00. The van der Waals surface area contributed by atoms with Gasteiger partial charge in [-0.25, -0.2) is 0 Å². The number of hydrogen-bond acceptors (Lipinski definition) is 4. The molecule has 0 spiro atoms. The Labute approximate surface area is 115 Å². The van der Waals surface area contributed by atoms with Crippen molar-refractivity contribution >= 4 is 29.0 Å². The predicted octanol–water partition coefficient (Wildman–Crippen LogP) is 2.47. The van der Waals surface area contributed by atoms with Crippen LogP contribution in [0.2, 0.25) is 5.02 Å². The number of rotatable bonds is 3. The minimum absolute atomic E-state index is 0.190. The number of carbonyl (C=O) groups excluding carboxylic acids is 3. The highest BCUT2D eigenvalue weighted by Crippen LogP contribution is 2.27. The number of hydrogen-bond donors (Lipinski definition) is 0. The van der Waals surface area contributed by atoms with Crippen molar-refractivity contribution in [3.05, 3.63) is 28.8 Å². The average molecular weight is 281 g/mol. The van der Waals surface area contributed by atoms with Gasteiger partial charge in [0.2, 0.25) is 0 Å². The number of halogens is 1. The van der Waals surface area contributed by atoms with Crippen LogP contribution in [0.15, 0.2) is 18.2 Å². The molecular formula is C14H13ClO4. The van der Waals surface area contributed by atoms with Crippen LogP contribution in [-0.2, 0) is 9.59 Å². The van der Waals surface area contributed by atoms with E-state index in [1.54, 1.807) is 6.07 Å². The van der Waals surface area contributed by atoms with Crippen molar-refractivity contribution in [2.75, 3.05) is 7.11 Å². The smallest absolute Gasteiger partial charge is 0.182 e. The normalized spacial score (nSPS) is 16.5. The SMILES string of the molecule is COc1ccc(C(=O)C2C(=O)CCCC2=O)c(Cl)c1. The summed E-state index contributed by atoms with van der Waals surface area (Å²) in [5, 5.41) is 0.190. The van der Waals surface area contributed by atoms with Gasteiger partial charge in [-0.1, -0.05) is 11.6 Å². The highest BCUT2D eigenvalue weighted by atomic mass is 35.5. The molecular weight excluding hydrogens is 268 g/mol. The van der Waals surface area contributed by atoms with Gasteiger partial charge in [-0.2, -0.15) is 0 Å². The van der Waals surface area contributed by atoms with Crippen LogP contribution in [0, 0.1) is 5.92 Å². The molecule has 0 radical (unpaired) electrons. The third-order valence-corrected chi connectivity index (χ3v) is 3.51. The lowest BCUT2D eigenvalue weighted by atomic mass is 9.81. The Morgan fingerprint density at radius 2 is 1.89 bits per heavy atom. The van der Waals surface area contributed by atoms with Crippen LogP contribution in [-0.4, -0.2) is 24.5 Å². The summed E-state index contributed by atoms with van der Waals surface area (Å²) in [5.74, 6) is -1.80. The van der Waals surface area contributed by atoms with E-state index in [0.717, 1.165) is 0 Å². The summed E-state index contributed by atoms with van der Waals surface area (Å²) in [6.45, 7) is 0. The molecule has 1 aromatic rings. The van der Waals surface area contributed by atoms with Gasteiger partial charge in [-0.3, -0.25) is 14.4 Å². The fourth-order valence-electron chi connectivity index (χ4n) is 2.18. The Balaban J connectivity index is 2.33. The van der Waals surface area contributed by atoms with Crippen molar-refractivity contribution in [3.63, 3.8) is 0 Å². The highest BCUT2D eigenvalue weighted by molar-refractivity contribution is 6.36. The van der Waals surface area contributed by atoms with Gasteiger partial charge in [0.05, 0.1) is 12.1 Å². The summed E-state index contributed by atoms with van der Waals surface area (Å²) >= 11 is 5.99. The van der Waals surface area contributed by atoms with E-state index in [1.165, 1.54) is 19.2 Å². The Morgan fingerprint density at radius 3 is 2.42 bits per heavy atom. The van der Waals surface area contributed by atoms with Crippen LogP contribution in [0.5, 0.6) is 5.75 Å². The zero-order chi connectivity index (χ0) is 14.0. The zero-order valence-corrected chi connectivity index (χ0v) is 11.2. The highest BCUT2D eigenvalue weighted by Gasteiger charge is 2.37. The average Bonchev–Trinajstić information content (AvgIpc) is 2.38. The Bertz CT molecular complexity index is 534. The maximum Gasteiger partial charge on any atom is 0.182 e. The van der Waals surface area contributed by atoms with Crippen LogP contribution >= 0.6 is 11.6 Å². The number of carbonyl (C=O) groups is 3. The molecule has 1 fully saturated rings. The van der Waals surface area contributed by atoms with Gasteiger partial charge in [0, 0.05) is 18.4 Å². The van der Waals surface area contributed by atoms with E-state index < -0.39 is 11.7 Å². The maximum atomic E-state index is 12.3. The first kappa shape index (κ1) is 13.7. The van der Waals surface area contributed by atoms with Crippen LogP contribution in [0.4, 0.5) is 0 Å². The van der Waals surface area contributed by atoms with E-state index in [2.05, 4.69) is 0 Å². The van der Waals surface area contributed by atoms with Crippen LogP contribution < -0.4 is 4.74 Å². The number of benzene rings is 1. The Hall–Kier alpha value is -1.68. The molecule has 0 heterocycles. The molecule has 0 atom stereocenters. The lowest BCUT2D eigenvalue weighted by Crippen LogP contribution is -2.35. The number of ether oxygens (including phenoxy) is 1. The molecule has 0 unspecified atom stereocenters. The van der Waals surface area contributed by atoms with Gasteiger partial charge in [0.1, 0.15) is 11.7 Å². The monoisotopic (exact) mass is 280 g/mol. The fraction of sp³-hybridized carbons (Fsp3) is 0.357. The lowest BCUT2D eigenvalue weighted by Gasteiger charge is -2.18. The van der Waals surface area contributed by atoms with Crippen LogP contribution in [0.25, 0.3) is 0 Å². The molecule has 0 aliphatic heterocycles. The first-order valence-electron chi connectivity index (χ1n) is 5.97. The summed E-state index contributed by atoms with van der Waals surface area (Å²) in [6, 6.07) is 4.56. The minimum atomic E-state index is -1.18. The van der Waals surface area contributed by atoms with E-state index >= 15 is 0 Å². The fourth-order valence-corrected chi connectivity index (χ4v) is 2.44. The van der Waals surface area contributed by atoms with Gasteiger partial charge < -0.3 is 4.74 Å².